The fourth-order valence-electron chi connectivity index (χ4n) is 2.48. The maximum absolute atomic E-state index is 12.0. The Balaban J connectivity index is 1.80. The van der Waals surface area contributed by atoms with Crippen molar-refractivity contribution in [2.24, 2.45) is 17.1 Å². The lowest BCUT2D eigenvalue weighted by molar-refractivity contribution is -0.116. The molecule has 6 nitrogen and oxygen atoms in total. The van der Waals surface area contributed by atoms with Crippen LogP contribution in [-0.4, -0.2) is 22.6 Å². The molecule has 1 fully saturated rings. The summed E-state index contributed by atoms with van der Waals surface area (Å²) in [5.41, 5.74) is 5.82. The number of hydrogen-bond donors (Lipinski definition) is 2. The Kier molecular flexibility index (Phi) is 4.98. The molecule has 0 saturated heterocycles. The van der Waals surface area contributed by atoms with Crippen molar-refractivity contribution in [3.8, 4) is 0 Å². The summed E-state index contributed by atoms with van der Waals surface area (Å²) in [6, 6.07) is 0.216. The molecular formula is C15H26N4O2. The Morgan fingerprint density at radius 3 is 2.67 bits per heavy atom. The molecule has 0 bridgehead atoms. The van der Waals surface area contributed by atoms with Crippen LogP contribution in [0.1, 0.15) is 64.7 Å². The zero-order chi connectivity index (χ0) is 15.5. The van der Waals surface area contributed by atoms with Gasteiger partial charge in [0.25, 0.3) is 0 Å². The van der Waals surface area contributed by atoms with Gasteiger partial charge in [-0.1, -0.05) is 25.9 Å². The van der Waals surface area contributed by atoms with Crippen molar-refractivity contribution >= 4 is 11.9 Å². The number of anilines is 1. The number of carbonyl (C=O) groups is 1. The Morgan fingerprint density at radius 2 is 2.10 bits per heavy atom. The topological polar surface area (TPSA) is 94.0 Å². The van der Waals surface area contributed by atoms with Crippen molar-refractivity contribution in [3.63, 3.8) is 0 Å². The molecule has 0 spiro atoms. The summed E-state index contributed by atoms with van der Waals surface area (Å²) in [4.78, 5) is 12.0. The third-order valence-electron chi connectivity index (χ3n) is 4.07. The highest BCUT2D eigenvalue weighted by Crippen LogP contribution is 2.39. The van der Waals surface area contributed by atoms with E-state index in [9.17, 15) is 4.79 Å². The van der Waals surface area contributed by atoms with Crippen molar-refractivity contribution in [1.82, 2.24) is 10.2 Å². The summed E-state index contributed by atoms with van der Waals surface area (Å²) in [7, 11) is 0. The maximum atomic E-state index is 12.0. The van der Waals surface area contributed by atoms with Crippen molar-refractivity contribution < 1.29 is 9.21 Å². The van der Waals surface area contributed by atoms with Gasteiger partial charge in [0.05, 0.1) is 0 Å². The van der Waals surface area contributed by atoms with Gasteiger partial charge in [-0.15, -0.1) is 5.10 Å². The van der Waals surface area contributed by atoms with Crippen molar-refractivity contribution in [1.29, 1.82) is 0 Å². The van der Waals surface area contributed by atoms with Crippen molar-refractivity contribution in [2.75, 3.05) is 11.9 Å². The Bertz CT molecular complexity index is 474. The van der Waals surface area contributed by atoms with Crippen molar-refractivity contribution in [2.45, 2.75) is 58.8 Å². The molecule has 1 aromatic heterocycles. The van der Waals surface area contributed by atoms with Gasteiger partial charge in [0.2, 0.25) is 11.8 Å². The lowest BCUT2D eigenvalue weighted by Gasteiger charge is -2.30. The molecule has 0 aromatic carbocycles. The number of nitrogens with one attached hydrogen (secondary N) is 1. The third-order valence-corrected chi connectivity index (χ3v) is 4.07. The van der Waals surface area contributed by atoms with Gasteiger partial charge in [0.15, 0.2) is 0 Å². The first-order valence-corrected chi connectivity index (χ1v) is 7.73. The number of hydrogen-bond acceptors (Lipinski definition) is 5. The van der Waals surface area contributed by atoms with Crippen LogP contribution >= 0.6 is 0 Å². The summed E-state index contributed by atoms with van der Waals surface area (Å²) in [6.45, 7) is 7.21. The van der Waals surface area contributed by atoms with Gasteiger partial charge in [-0.2, -0.15) is 0 Å². The molecule has 1 aliphatic carbocycles. The molecule has 6 heteroatoms. The van der Waals surface area contributed by atoms with Gasteiger partial charge in [0.1, 0.15) is 0 Å². The SMILES string of the molecule is CC(C)(C)C(CCN)CCC(=O)Nc1nnc(C2CC2)o1. The number of carbonyl (C=O) groups excluding carboxylic acids is 1. The van der Waals surface area contributed by atoms with E-state index in [-0.39, 0.29) is 17.3 Å². The standard InChI is InChI=1S/C15H26N4O2/c1-15(2,3)11(8-9-16)6-7-12(20)17-14-19-18-13(21-14)10-4-5-10/h10-11H,4-9,16H2,1-3H3,(H,17,19,20). The molecule has 1 heterocycles. The second-order valence-electron chi connectivity index (χ2n) is 6.95. The summed E-state index contributed by atoms with van der Waals surface area (Å²) in [5.74, 6) is 1.39. The first-order valence-electron chi connectivity index (χ1n) is 7.73. The first kappa shape index (κ1) is 15.9. The minimum absolute atomic E-state index is 0.0766. The van der Waals surface area contributed by atoms with Gasteiger partial charge in [-0.25, -0.2) is 0 Å². The average Bonchev–Trinajstić information content (AvgIpc) is 3.14. The van der Waals surface area contributed by atoms with E-state index in [1.807, 2.05) is 0 Å². The smallest absolute Gasteiger partial charge is 0.322 e. The first-order chi connectivity index (χ1) is 9.90. The molecule has 1 amide bonds. The molecule has 1 aliphatic rings. The average molecular weight is 294 g/mol. The summed E-state index contributed by atoms with van der Waals surface area (Å²) in [5, 5.41) is 10.5. The molecule has 1 unspecified atom stereocenters. The van der Waals surface area contributed by atoms with Crippen LogP contribution in [-0.2, 0) is 4.79 Å². The van der Waals surface area contributed by atoms with Gasteiger partial charge in [0, 0.05) is 12.3 Å². The van der Waals surface area contributed by atoms with E-state index in [0.717, 1.165) is 25.7 Å². The van der Waals surface area contributed by atoms with Crippen LogP contribution < -0.4 is 11.1 Å². The highest BCUT2D eigenvalue weighted by molar-refractivity contribution is 5.88. The van der Waals surface area contributed by atoms with Crippen LogP contribution in [0.5, 0.6) is 0 Å². The second-order valence-corrected chi connectivity index (χ2v) is 6.95. The molecule has 118 valence electrons. The number of nitrogens with two attached hydrogens (primary N) is 1. The number of aromatic nitrogens is 2. The zero-order valence-corrected chi connectivity index (χ0v) is 13.2. The second kappa shape index (κ2) is 6.56. The molecule has 0 radical (unpaired) electrons. The Labute approximate surface area is 125 Å². The van der Waals surface area contributed by atoms with E-state index in [1.54, 1.807) is 0 Å². The van der Waals surface area contributed by atoms with Gasteiger partial charge in [-0.05, 0) is 43.6 Å². The van der Waals surface area contributed by atoms with E-state index in [0.29, 0.717) is 30.7 Å². The largest absolute Gasteiger partial charge is 0.408 e. The fourth-order valence-corrected chi connectivity index (χ4v) is 2.48. The lowest BCUT2D eigenvalue weighted by atomic mass is 9.76. The fraction of sp³-hybridized carbons (Fsp3) is 0.800. The van der Waals surface area contributed by atoms with E-state index >= 15 is 0 Å². The normalized spacial score (nSPS) is 16.8. The molecule has 0 aliphatic heterocycles. The van der Waals surface area contributed by atoms with Crippen LogP contribution in [0.4, 0.5) is 6.01 Å². The van der Waals surface area contributed by atoms with Crippen LogP contribution in [0.25, 0.3) is 0 Å². The minimum atomic E-state index is -0.0766. The summed E-state index contributed by atoms with van der Waals surface area (Å²) in [6.07, 6.45) is 4.40. The number of rotatable bonds is 7. The minimum Gasteiger partial charge on any atom is -0.408 e. The molecule has 21 heavy (non-hydrogen) atoms. The number of nitrogens with zero attached hydrogens (tertiary/aromatic N) is 2. The van der Waals surface area contributed by atoms with Crippen LogP contribution in [0, 0.1) is 11.3 Å². The van der Waals surface area contributed by atoms with Crippen LogP contribution in [0.15, 0.2) is 4.42 Å². The van der Waals surface area contributed by atoms with Gasteiger partial charge < -0.3 is 10.2 Å². The quantitative estimate of drug-likeness (QED) is 0.806. The predicted molar refractivity (Wildman–Crippen MR) is 80.8 cm³/mol. The van der Waals surface area contributed by atoms with E-state index in [1.165, 1.54) is 0 Å². The monoisotopic (exact) mass is 294 g/mol. The maximum Gasteiger partial charge on any atom is 0.322 e. The summed E-state index contributed by atoms with van der Waals surface area (Å²) >= 11 is 0. The molecule has 3 N–H and O–H groups in total. The molecule has 1 saturated carbocycles. The zero-order valence-electron chi connectivity index (χ0n) is 13.2. The molecule has 2 rings (SSSR count). The molecule has 1 aromatic rings. The van der Waals surface area contributed by atoms with Crippen LogP contribution in [0.3, 0.4) is 0 Å². The predicted octanol–water partition coefficient (Wildman–Crippen LogP) is 2.68. The lowest BCUT2D eigenvalue weighted by Crippen LogP contribution is -2.25. The Morgan fingerprint density at radius 1 is 1.38 bits per heavy atom. The Hall–Kier alpha value is -1.43. The van der Waals surface area contributed by atoms with E-state index < -0.39 is 0 Å². The van der Waals surface area contributed by atoms with Crippen LogP contribution in [0.2, 0.25) is 0 Å². The molecule has 1 atom stereocenters. The number of amides is 1. The third kappa shape index (κ3) is 4.81. The van der Waals surface area contributed by atoms with Gasteiger partial charge >= 0.3 is 6.01 Å². The van der Waals surface area contributed by atoms with Crippen molar-refractivity contribution in [3.05, 3.63) is 5.89 Å². The van der Waals surface area contributed by atoms with E-state index in [4.69, 9.17) is 10.2 Å². The highest BCUT2D eigenvalue weighted by Gasteiger charge is 2.29. The van der Waals surface area contributed by atoms with Gasteiger partial charge in [-0.3, -0.25) is 10.1 Å². The van der Waals surface area contributed by atoms with E-state index in [2.05, 4.69) is 36.3 Å². The highest BCUT2D eigenvalue weighted by atomic mass is 16.4. The molecular weight excluding hydrogens is 268 g/mol. The summed E-state index contributed by atoms with van der Waals surface area (Å²) < 4.78 is 5.43.